The minimum absolute atomic E-state index is 0.000739. The number of aromatic nitrogens is 3. The monoisotopic (exact) mass is 441 g/mol. The molecule has 2 aromatic heterocycles. The van der Waals surface area contributed by atoms with E-state index < -0.39 is 0 Å². The normalized spacial score (nSPS) is 14.8. The van der Waals surface area contributed by atoms with Crippen molar-refractivity contribution in [3.63, 3.8) is 0 Å². The van der Waals surface area contributed by atoms with Gasteiger partial charge in [-0.2, -0.15) is 4.98 Å². The molecule has 4 rings (SSSR count). The molecule has 7 nitrogen and oxygen atoms in total. The van der Waals surface area contributed by atoms with Gasteiger partial charge in [0.15, 0.2) is 16.6 Å². The van der Waals surface area contributed by atoms with E-state index in [1.165, 1.54) is 37.9 Å². The van der Waals surface area contributed by atoms with E-state index in [1.807, 2.05) is 0 Å². The number of benzene rings is 1. The Balaban J connectivity index is 1.41. The number of nitrogens with one attached hydrogen (secondary N) is 1. The molecular weight excluding hydrogens is 418 g/mol. The maximum absolute atomic E-state index is 12.4. The third-order valence-corrected chi connectivity index (χ3v) is 7.35. The number of carbonyl (C=O) groups excluding carboxylic acids is 2. The molecule has 0 unspecified atom stereocenters. The van der Waals surface area contributed by atoms with Crippen molar-refractivity contribution in [1.82, 2.24) is 15.0 Å². The van der Waals surface area contributed by atoms with Crippen molar-refractivity contribution in [3.05, 3.63) is 36.2 Å². The molecule has 1 fully saturated rings. The van der Waals surface area contributed by atoms with Gasteiger partial charge in [-0.1, -0.05) is 30.0 Å². The Morgan fingerprint density at radius 3 is 2.63 bits per heavy atom. The highest BCUT2D eigenvalue weighted by atomic mass is 32.2. The molecule has 0 radical (unpaired) electrons. The number of ketones is 1. The first-order valence-corrected chi connectivity index (χ1v) is 11.7. The number of rotatable bonds is 6. The molecule has 3 aromatic rings. The van der Waals surface area contributed by atoms with E-state index in [4.69, 9.17) is 4.98 Å². The summed E-state index contributed by atoms with van der Waals surface area (Å²) < 4.78 is 0.926. The number of Topliss-reactive ketones (excluding diaryl/α,β-unsaturated/α-hetero) is 1. The summed E-state index contributed by atoms with van der Waals surface area (Å²) >= 11 is 2.98. The molecule has 0 spiro atoms. The topological polar surface area (TPSA) is 88.1 Å². The van der Waals surface area contributed by atoms with Crippen molar-refractivity contribution in [3.8, 4) is 0 Å². The predicted molar refractivity (Wildman–Crippen MR) is 122 cm³/mol. The second-order valence-electron chi connectivity index (χ2n) is 7.47. The fraction of sp³-hybridized carbons (Fsp3) is 0.381. The highest BCUT2D eigenvalue weighted by Crippen LogP contribution is 2.35. The van der Waals surface area contributed by atoms with Gasteiger partial charge in [-0.25, -0.2) is 9.97 Å². The summed E-state index contributed by atoms with van der Waals surface area (Å²) in [7, 11) is 0. The van der Waals surface area contributed by atoms with E-state index >= 15 is 0 Å². The quantitative estimate of drug-likeness (QED) is 0.347. The molecule has 1 aromatic carbocycles. The van der Waals surface area contributed by atoms with Crippen LogP contribution in [0.15, 0.2) is 35.6 Å². The summed E-state index contributed by atoms with van der Waals surface area (Å²) in [4.78, 5) is 39.4. The van der Waals surface area contributed by atoms with Crippen LogP contribution in [0.4, 0.5) is 10.8 Å². The average Bonchev–Trinajstić information content (AvgIpc) is 3.18. The maximum Gasteiger partial charge on any atom is 0.234 e. The van der Waals surface area contributed by atoms with Crippen LogP contribution in [0.25, 0.3) is 10.3 Å². The van der Waals surface area contributed by atoms with Crippen LogP contribution >= 0.6 is 23.1 Å². The molecule has 156 valence electrons. The molecule has 0 atom stereocenters. The van der Waals surface area contributed by atoms with Crippen LogP contribution in [0.5, 0.6) is 0 Å². The summed E-state index contributed by atoms with van der Waals surface area (Å²) in [6.45, 7) is 5.84. The van der Waals surface area contributed by atoms with Crippen LogP contribution < -0.4 is 10.2 Å². The smallest absolute Gasteiger partial charge is 0.234 e. The maximum atomic E-state index is 12.4. The van der Waals surface area contributed by atoms with Gasteiger partial charge in [0.1, 0.15) is 16.1 Å². The lowest BCUT2D eigenvalue weighted by atomic mass is 10.00. The van der Waals surface area contributed by atoms with Gasteiger partial charge in [0.2, 0.25) is 5.91 Å². The van der Waals surface area contributed by atoms with Crippen molar-refractivity contribution in [2.45, 2.75) is 31.7 Å². The number of anilines is 2. The molecule has 9 heteroatoms. The van der Waals surface area contributed by atoms with Crippen molar-refractivity contribution >= 4 is 56.0 Å². The van der Waals surface area contributed by atoms with Gasteiger partial charge >= 0.3 is 0 Å². The SMILES string of the molecule is CC(=O)c1ccc(NC(=O)CSc2ncnc3nc(N4CCC(C)CC4)sc23)cc1. The fourth-order valence-corrected chi connectivity index (χ4v) is 5.22. The standard InChI is InChI=1S/C21H23N5O2S2/c1-13-7-9-26(10-8-13)21-25-19-18(30-21)20(23-12-22-19)29-11-17(28)24-16-5-3-15(4-6-16)14(2)27/h3-6,12-13H,7-11H2,1-2H3,(H,24,28). The Morgan fingerprint density at radius 2 is 1.93 bits per heavy atom. The minimum Gasteiger partial charge on any atom is -0.348 e. The van der Waals surface area contributed by atoms with E-state index in [-0.39, 0.29) is 17.4 Å². The number of carbonyl (C=O) groups is 2. The Morgan fingerprint density at radius 1 is 1.20 bits per heavy atom. The molecule has 1 aliphatic rings. The molecule has 1 aliphatic heterocycles. The summed E-state index contributed by atoms with van der Waals surface area (Å²) in [6.07, 6.45) is 3.86. The number of thioether (sulfide) groups is 1. The number of nitrogens with zero attached hydrogens (tertiary/aromatic N) is 4. The zero-order chi connectivity index (χ0) is 21.1. The van der Waals surface area contributed by atoms with E-state index in [9.17, 15) is 9.59 Å². The lowest BCUT2D eigenvalue weighted by Gasteiger charge is -2.29. The third-order valence-electron chi connectivity index (χ3n) is 5.12. The van der Waals surface area contributed by atoms with Gasteiger partial charge in [0, 0.05) is 24.3 Å². The molecule has 0 bridgehead atoms. The number of fused-ring (bicyclic) bond motifs is 1. The van der Waals surface area contributed by atoms with Crippen molar-refractivity contribution < 1.29 is 9.59 Å². The zero-order valence-corrected chi connectivity index (χ0v) is 18.6. The number of amides is 1. The largest absolute Gasteiger partial charge is 0.348 e. The lowest BCUT2D eigenvalue weighted by molar-refractivity contribution is -0.113. The first kappa shape index (κ1) is 20.7. The van der Waals surface area contributed by atoms with Crippen LogP contribution in [-0.4, -0.2) is 45.5 Å². The Bertz CT molecular complexity index is 1060. The molecule has 30 heavy (non-hydrogen) atoms. The Labute approximate surface area is 183 Å². The van der Waals surface area contributed by atoms with Gasteiger partial charge in [-0.05, 0) is 49.9 Å². The first-order chi connectivity index (χ1) is 14.5. The van der Waals surface area contributed by atoms with Crippen molar-refractivity contribution in [1.29, 1.82) is 0 Å². The van der Waals surface area contributed by atoms with Crippen LogP contribution in [0.3, 0.4) is 0 Å². The zero-order valence-electron chi connectivity index (χ0n) is 16.9. The summed E-state index contributed by atoms with van der Waals surface area (Å²) in [5.74, 6) is 0.865. The van der Waals surface area contributed by atoms with Crippen molar-refractivity contribution in [2.24, 2.45) is 5.92 Å². The first-order valence-electron chi connectivity index (χ1n) is 9.89. The fourth-order valence-electron chi connectivity index (χ4n) is 3.28. The second-order valence-corrected chi connectivity index (χ2v) is 9.41. The van der Waals surface area contributed by atoms with Crippen LogP contribution in [0.2, 0.25) is 0 Å². The summed E-state index contributed by atoms with van der Waals surface area (Å²) in [5, 5.41) is 4.61. The van der Waals surface area contributed by atoms with Crippen molar-refractivity contribution in [2.75, 3.05) is 29.1 Å². The van der Waals surface area contributed by atoms with Gasteiger partial charge in [0.05, 0.1) is 5.75 Å². The number of thiazole rings is 1. The van der Waals surface area contributed by atoms with Crippen LogP contribution in [0.1, 0.15) is 37.0 Å². The highest BCUT2D eigenvalue weighted by molar-refractivity contribution is 8.00. The average molecular weight is 442 g/mol. The van der Waals surface area contributed by atoms with Gasteiger partial charge in [-0.15, -0.1) is 0 Å². The Hall–Kier alpha value is -2.52. The summed E-state index contributed by atoms with van der Waals surface area (Å²) in [6, 6.07) is 6.88. The molecule has 0 aliphatic carbocycles. The number of piperidine rings is 1. The van der Waals surface area contributed by atoms with Gasteiger partial charge in [0.25, 0.3) is 0 Å². The van der Waals surface area contributed by atoms with E-state index in [2.05, 4.69) is 27.1 Å². The van der Waals surface area contributed by atoms with E-state index in [1.54, 1.807) is 35.6 Å². The van der Waals surface area contributed by atoms with Crippen LogP contribution in [0, 0.1) is 5.92 Å². The highest BCUT2D eigenvalue weighted by Gasteiger charge is 2.20. The Kier molecular flexibility index (Phi) is 6.29. The minimum atomic E-state index is -0.128. The lowest BCUT2D eigenvalue weighted by Crippen LogP contribution is -2.32. The van der Waals surface area contributed by atoms with E-state index in [0.717, 1.165) is 33.9 Å². The number of hydrogen-bond acceptors (Lipinski definition) is 8. The molecule has 1 N–H and O–H groups in total. The molecule has 1 amide bonds. The second kappa shape index (κ2) is 9.09. The molecule has 3 heterocycles. The number of hydrogen-bond donors (Lipinski definition) is 1. The van der Waals surface area contributed by atoms with Gasteiger partial charge < -0.3 is 10.2 Å². The third kappa shape index (κ3) is 4.79. The molecule has 1 saturated heterocycles. The van der Waals surface area contributed by atoms with Gasteiger partial charge in [-0.3, -0.25) is 9.59 Å². The predicted octanol–water partition coefficient (Wildman–Crippen LogP) is 4.26. The molecular formula is C21H23N5O2S2. The van der Waals surface area contributed by atoms with Crippen LogP contribution in [-0.2, 0) is 4.79 Å². The summed E-state index contributed by atoms with van der Waals surface area (Å²) in [5.41, 5.74) is 1.97. The van der Waals surface area contributed by atoms with E-state index in [0.29, 0.717) is 16.9 Å². The molecule has 0 saturated carbocycles.